The summed E-state index contributed by atoms with van der Waals surface area (Å²) in [5.74, 6) is -2.84. The van der Waals surface area contributed by atoms with Crippen LogP contribution in [-0.4, -0.2) is 19.2 Å². The lowest BCUT2D eigenvalue weighted by molar-refractivity contribution is -0.170. The summed E-state index contributed by atoms with van der Waals surface area (Å²) in [6, 6.07) is 0. The van der Waals surface area contributed by atoms with Gasteiger partial charge in [-0.3, -0.25) is 0 Å². The zero-order valence-corrected chi connectivity index (χ0v) is 16.4. The van der Waals surface area contributed by atoms with Gasteiger partial charge in [-0.05, 0) is 34.5 Å². The van der Waals surface area contributed by atoms with Gasteiger partial charge in [-0.2, -0.15) is 13.2 Å². The van der Waals surface area contributed by atoms with Gasteiger partial charge in [-0.25, -0.2) is 4.39 Å². The summed E-state index contributed by atoms with van der Waals surface area (Å²) in [6.07, 6.45) is -0.274. The van der Waals surface area contributed by atoms with Crippen molar-refractivity contribution in [1.29, 1.82) is 0 Å². The Morgan fingerprint density at radius 1 is 1.19 bits per heavy atom. The molecule has 2 aliphatic carbocycles. The van der Waals surface area contributed by atoms with Gasteiger partial charge in [0.1, 0.15) is 11.6 Å². The fourth-order valence-electron chi connectivity index (χ4n) is 4.21. The monoisotopic (exact) mass is 392 g/mol. The minimum absolute atomic E-state index is 0.00313. The minimum Gasteiger partial charge on any atom is -0.500 e. The normalized spacial score (nSPS) is 30.2. The summed E-state index contributed by atoms with van der Waals surface area (Å²) in [5, 5.41) is 0. The maximum atomic E-state index is 14.5. The van der Waals surface area contributed by atoms with Crippen LogP contribution in [0.25, 0.3) is 0 Å². The average molecular weight is 393 g/mol. The summed E-state index contributed by atoms with van der Waals surface area (Å²) in [4.78, 5) is 0. The van der Waals surface area contributed by atoms with Gasteiger partial charge < -0.3 is 4.74 Å². The first kappa shape index (κ1) is 21.1. The Morgan fingerprint density at radius 3 is 2.27 bits per heavy atom. The van der Waals surface area contributed by atoms with Gasteiger partial charge in [0, 0.05) is 17.9 Å². The molecule has 0 aromatic heterocycles. The van der Waals surface area contributed by atoms with Crippen LogP contribution in [0.5, 0.6) is 0 Å². The van der Waals surface area contributed by atoms with E-state index in [0.29, 0.717) is 22.5 Å². The molecule has 2 rings (SSSR count). The molecule has 2 aliphatic rings. The first-order chi connectivity index (χ1) is 12.0. The molecule has 0 aliphatic heterocycles. The van der Waals surface area contributed by atoms with Crippen LogP contribution in [0.3, 0.4) is 0 Å². The third-order valence-corrected chi connectivity index (χ3v) is 5.79. The zero-order chi connectivity index (χ0) is 19.8. The van der Waals surface area contributed by atoms with Crippen LogP contribution in [0.4, 0.5) is 17.6 Å². The number of rotatable bonds is 4. The molecule has 0 aromatic rings. The molecule has 0 radical (unpaired) electrons. The molecule has 0 spiro atoms. The first-order valence-electron chi connectivity index (χ1n) is 8.73. The van der Waals surface area contributed by atoms with Crippen LogP contribution in [0.2, 0.25) is 0 Å². The third-order valence-electron chi connectivity index (χ3n) is 5.50. The van der Waals surface area contributed by atoms with Gasteiger partial charge in [0.15, 0.2) is 0 Å². The second-order valence-corrected chi connectivity index (χ2v) is 7.57. The highest BCUT2D eigenvalue weighted by Gasteiger charge is 2.46. The quantitative estimate of drug-likeness (QED) is 0.387. The smallest absolute Gasteiger partial charge is 0.395 e. The molecule has 146 valence electrons. The van der Waals surface area contributed by atoms with E-state index >= 15 is 0 Å². The second kappa shape index (κ2) is 7.79. The molecule has 4 atom stereocenters. The topological polar surface area (TPSA) is 9.23 Å². The number of ether oxygens (including phenoxy) is 1. The SMILES string of the molecule is COC1=CC(F)=C(C(C)C)C(C)C1C1=C(CCl)C(C)C(C(F)(F)F)C=C1. The molecule has 6 heteroatoms. The molecule has 0 fully saturated rings. The highest BCUT2D eigenvalue weighted by molar-refractivity contribution is 6.19. The molecule has 0 saturated carbocycles. The molecular weight excluding hydrogens is 368 g/mol. The standard InChI is InChI=1S/C20H25ClF4O/c1-10(2)18-12(4)19(17(26-5)8-16(18)22)13-6-7-15(20(23,24)25)11(3)14(13)9-21/h6-8,10-12,15,19H,9H2,1-5H3. The maximum absolute atomic E-state index is 14.5. The van der Waals surface area contributed by atoms with E-state index in [1.165, 1.54) is 25.3 Å². The minimum atomic E-state index is -4.33. The van der Waals surface area contributed by atoms with E-state index in [2.05, 4.69) is 0 Å². The van der Waals surface area contributed by atoms with Crippen LogP contribution in [0.15, 0.2) is 46.5 Å². The number of hydrogen-bond donors (Lipinski definition) is 0. The van der Waals surface area contributed by atoms with E-state index in [4.69, 9.17) is 16.3 Å². The van der Waals surface area contributed by atoms with E-state index in [-0.39, 0.29) is 29.5 Å². The first-order valence-corrected chi connectivity index (χ1v) is 9.26. The van der Waals surface area contributed by atoms with Crippen molar-refractivity contribution in [2.75, 3.05) is 13.0 Å². The van der Waals surface area contributed by atoms with Gasteiger partial charge >= 0.3 is 6.18 Å². The second-order valence-electron chi connectivity index (χ2n) is 7.30. The Labute approximate surface area is 157 Å². The van der Waals surface area contributed by atoms with E-state index in [0.717, 1.165) is 0 Å². The van der Waals surface area contributed by atoms with Crippen LogP contribution in [0, 0.1) is 29.6 Å². The van der Waals surface area contributed by atoms with Gasteiger partial charge in [0.05, 0.1) is 13.0 Å². The van der Waals surface area contributed by atoms with Crippen molar-refractivity contribution in [2.24, 2.45) is 29.6 Å². The Morgan fingerprint density at radius 2 is 1.81 bits per heavy atom. The highest BCUT2D eigenvalue weighted by Crippen LogP contribution is 2.48. The maximum Gasteiger partial charge on any atom is 0.395 e. The summed E-state index contributed by atoms with van der Waals surface area (Å²) in [5.41, 5.74) is 1.90. The lowest BCUT2D eigenvalue weighted by Gasteiger charge is -2.38. The Balaban J connectivity index is 2.55. The summed E-state index contributed by atoms with van der Waals surface area (Å²) < 4.78 is 59.8. The summed E-state index contributed by atoms with van der Waals surface area (Å²) >= 11 is 6.07. The van der Waals surface area contributed by atoms with Crippen molar-refractivity contribution < 1.29 is 22.3 Å². The van der Waals surface area contributed by atoms with Crippen molar-refractivity contribution in [3.63, 3.8) is 0 Å². The molecule has 1 nitrogen and oxygen atoms in total. The number of halogens is 5. The van der Waals surface area contributed by atoms with Crippen molar-refractivity contribution in [3.8, 4) is 0 Å². The molecule has 0 aromatic carbocycles. The van der Waals surface area contributed by atoms with E-state index in [1.54, 1.807) is 6.92 Å². The molecule has 0 N–H and O–H groups in total. The van der Waals surface area contributed by atoms with Gasteiger partial charge in [0.25, 0.3) is 0 Å². The molecule has 0 amide bonds. The summed E-state index contributed by atoms with van der Waals surface area (Å²) in [7, 11) is 1.45. The number of allylic oxidation sites excluding steroid dienone is 7. The van der Waals surface area contributed by atoms with Crippen LogP contribution in [0.1, 0.15) is 27.7 Å². The lowest BCUT2D eigenvalue weighted by Crippen LogP contribution is -2.34. The van der Waals surface area contributed by atoms with E-state index in [1.807, 2.05) is 20.8 Å². The number of alkyl halides is 4. The average Bonchev–Trinajstić information content (AvgIpc) is 2.52. The van der Waals surface area contributed by atoms with Crippen LogP contribution < -0.4 is 0 Å². The molecule has 26 heavy (non-hydrogen) atoms. The molecule has 4 unspecified atom stereocenters. The highest BCUT2D eigenvalue weighted by atomic mass is 35.5. The van der Waals surface area contributed by atoms with Crippen LogP contribution >= 0.6 is 11.6 Å². The molecular formula is C20H25ClF4O. The predicted molar refractivity (Wildman–Crippen MR) is 96.3 cm³/mol. The molecule has 0 bridgehead atoms. The largest absolute Gasteiger partial charge is 0.500 e. The van der Waals surface area contributed by atoms with Crippen molar-refractivity contribution in [2.45, 2.75) is 33.9 Å². The van der Waals surface area contributed by atoms with E-state index < -0.39 is 18.0 Å². The third kappa shape index (κ3) is 3.73. The predicted octanol–water partition coefficient (Wildman–Crippen LogP) is 6.58. The van der Waals surface area contributed by atoms with E-state index in [9.17, 15) is 17.6 Å². The molecule has 0 saturated heterocycles. The van der Waals surface area contributed by atoms with Crippen molar-refractivity contribution in [3.05, 3.63) is 46.5 Å². The van der Waals surface area contributed by atoms with Gasteiger partial charge in [0.2, 0.25) is 0 Å². The fourth-order valence-corrected chi connectivity index (χ4v) is 4.60. The van der Waals surface area contributed by atoms with Gasteiger partial charge in [-0.1, -0.05) is 39.8 Å². The number of methoxy groups -OCH3 is 1. The summed E-state index contributed by atoms with van der Waals surface area (Å²) in [6.45, 7) is 7.25. The molecule has 0 heterocycles. The van der Waals surface area contributed by atoms with Crippen molar-refractivity contribution >= 4 is 11.6 Å². The zero-order valence-electron chi connectivity index (χ0n) is 15.6. The Bertz CT molecular complexity index is 670. The number of hydrogen-bond acceptors (Lipinski definition) is 1. The lowest BCUT2D eigenvalue weighted by atomic mass is 9.69. The fraction of sp³-hybridized carbons (Fsp3) is 0.600. The Kier molecular flexibility index (Phi) is 6.32. The Hall–Kier alpha value is -1.23. The van der Waals surface area contributed by atoms with Gasteiger partial charge in [-0.15, -0.1) is 11.6 Å². The van der Waals surface area contributed by atoms with Crippen molar-refractivity contribution in [1.82, 2.24) is 0 Å². The van der Waals surface area contributed by atoms with Crippen LogP contribution in [-0.2, 0) is 4.74 Å².